The molecule has 3 aromatic heterocycles. The molecule has 0 aliphatic heterocycles. The van der Waals surface area contributed by atoms with E-state index in [1.807, 2.05) is 41.8 Å². The van der Waals surface area contributed by atoms with E-state index < -0.39 is 0 Å². The smallest absolute Gasteiger partial charge is 0.267 e. The zero-order chi connectivity index (χ0) is 20.9. The standard InChI is InChI=1S/C22H19N5O2S/c1-2-15-5-7-16(8-6-15)18-9-10-21(29)27(26-18)13-20(28)25-22-24-19(14-30-22)17-4-3-11-23-12-17/h3-12,14H,2,13H2,1H3,(H,24,25,28). The van der Waals surface area contributed by atoms with Crippen molar-refractivity contribution in [2.24, 2.45) is 0 Å². The van der Waals surface area contributed by atoms with Gasteiger partial charge in [-0.05, 0) is 30.2 Å². The second-order valence-corrected chi connectivity index (χ2v) is 7.45. The third-order valence-corrected chi connectivity index (χ3v) is 5.28. The first-order valence-corrected chi connectivity index (χ1v) is 10.3. The highest BCUT2D eigenvalue weighted by molar-refractivity contribution is 7.14. The molecule has 0 aliphatic rings. The zero-order valence-corrected chi connectivity index (χ0v) is 17.1. The van der Waals surface area contributed by atoms with Crippen molar-refractivity contribution in [3.05, 3.63) is 82.2 Å². The second kappa shape index (κ2) is 8.79. The molecule has 0 saturated heterocycles. The molecular weight excluding hydrogens is 398 g/mol. The Morgan fingerprint density at radius 3 is 2.63 bits per heavy atom. The average Bonchev–Trinajstić information content (AvgIpc) is 3.24. The lowest BCUT2D eigenvalue weighted by Gasteiger charge is -2.07. The summed E-state index contributed by atoms with van der Waals surface area (Å²) in [5.74, 6) is -0.366. The number of rotatable bonds is 6. The van der Waals surface area contributed by atoms with Crippen molar-refractivity contribution >= 4 is 22.4 Å². The number of hydrogen-bond donors (Lipinski definition) is 1. The molecule has 150 valence electrons. The number of benzene rings is 1. The summed E-state index contributed by atoms with van der Waals surface area (Å²) >= 11 is 1.31. The van der Waals surface area contributed by atoms with Crippen LogP contribution in [0.15, 0.2) is 71.1 Å². The van der Waals surface area contributed by atoms with Crippen molar-refractivity contribution in [3.8, 4) is 22.5 Å². The number of carbonyl (C=O) groups is 1. The molecule has 7 nitrogen and oxygen atoms in total. The molecule has 8 heteroatoms. The fourth-order valence-electron chi connectivity index (χ4n) is 2.90. The quantitative estimate of drug-likeness (QED) is 0.517. The van der Waals surface area contributed by atoms with Crippen LogP contribution in [0.1, 0.15) is 12.5 Å². The molecule has 1 aromatic carbocycles. The Morgan fingerprint density at radius 1 is 1.07 bits per heavy atom. The lowest BCUT2D eigenvalue weighted by atomic mass is 10.1. The van der Waals surface area contributed by atoms with Crippen LogP contribution in [0.4, 0.5) is 5.13 Å². The first-order chi connectivity index (χ1) is 14.6. The molecule has 0 radical (unpaired) electrons. The van der Waals surface area contributed by atoms with Gasteiger partial charge in [0.25, 0.3) is 5.56 Å². The summed E-state index contributed by atoms with van der Waals surface area (Å²) in [6.07, 6.45) is 4.35. The molecule has 4 rings (SSSR count). The number of aryl methyl sites for hydroxylation is 1. The second-order valence-electron chi connectivity index (χ2n) is 6.59. The van der Waals surface area contributed by atoms with Crippen molar-refractivity contribution in [2.75, 3.05) is 5.32 Å². The Labute approximate surface area is 177 Å². The van der Waals surface area contributed by atoms with Crippen LogP contribution < -0.4 is 10.9 Å². The molecule has 4 aromatic rings. The molecule has 0 atom stereocenters. The Hall–Kier alpha value is -3.65. The van der Waals surface area contributed by atoms with E-state index >= 15 is 0 Å². The Bertz CT molecular complexity index is 1220. The van der Waals surface area contributed by atoms with Crippen molar-refractivity contribution in [1.29, 1.82) is 0 Å². The summed E-state index contributed by atoms with van der Waals surface area (Å²) in [6, 6.07) is 14.8. The summed E-state index contributed by atoms with van der Waals surface area (Å²) in [5.41, 5.74) is 4.01. The first kappa shape index (κ1) is 19.7. The molecule has 0 spiro atoms. The molecule has 0 bridgehead atoms. The third kappa shape index (κ3) is 4.49. The van der Waals surface area contributed by atoms with Crippen LogP contribution in [-0.2, 0) is 17.8 Å². The van der Waals surface area contributed by atoms with Crippen LogP contribution in [-0.4, -0.2) is 25.7 Å². The van der Waals surface area contributed by atoms with Crippen LogP contribution >= 0.6 is 11.3 Å². The summed E-state index contributed by atoms with van der Waals surface area (Å²) in [5, 5.41) is 9.38. The van der Waals surface area contributed by atoms with E-state index in [1.165, 1.54) is 23.0 Å². The van der Waals surface area contributed by atoms with Crippen LogP contribution in [0.2, 0.25) is 0 Å². The van der Waals surface area contributed by atoms with Gasteiger partial charge in [-0.25, -0.2) is 9.67 Å². The van der Waals surface area contributed by atoms with E-state index in [9.17, 15) is 9.59 Å². The van der Waals surface area contributed by atoms with Gasteiger partial charge in [-0.3, -0.25) is 14.6 Å². The first-order valence-electron chi connectivity index (χ1n) is 9.45. The molecule has 0 aliphatic carbocycles. The summed E-state index contributed by atoms with van der Waals surface area (Å²) < 4.78 is 1.16. The van der Waals surface area contributed by atoms with Gasteiger partial charge in [-0.1, -0.05) is 31.2 Å². The average molecular weight is 417 g/mol. The molecule has 30 heavy (non-hydrogen) atoms. The topological polar surface area (TPSA) is 89.8 Å². The maximum absolute atomic E-state index is 12.5. The van der Waals surface area contributed by atoms with E-state index in [-0.39, 0.29) is 18.0 Å². The van der Waals surface area contributed by atoms with Gasteiger partial charge in [0, 0.05) is 35.0 Å². The maximum Gasteiger partial charge on any atom is 0.267 e. The third-order valence-electron chi connectivity index (χ3n) is 4.53. The Morgan fingerprint density at radius 2 is 1.90 bits per heavy atom. The van der Waals surface area contributed by atoms with Gasteiger partial charge in [0.05, 0.1) is 11.4 Å². The number of thiazole rings is 1. The number of hydrogen-bond acceptors (Lipinski definition) is 6. The molecule has 0 saturated carbocycles. The molecule has 0 unspecified atom stereocenters. The van der Waals surface area contributed by atoms with Crippen LogP contribution in [0.25, 0.3) is 22.5 Å². The lowest BCUT2D eigenvalue weighted by Crippen LogP contribution is -2.29. The fourth-order valence-corrected chi connectivity index (χ4v) is 3.64. The normalized spacial score (nSPS) is 10.7. The van der Waals surface area contributed by atoms with Crippen LogP contribution in [0.5, 0.6) is 0 Å². The van der Waals surface area contributed by atoms with Crippen molar-refractivity contribution in [1.82, 2.24) is 19.7 Å². The fraction of sp³-hybridized carbons (Fsp3) is 0.136. The number of aromatic nitrogens is 4. The molecule has 1 N–H and O–H groups in total. The number of carbonyl (C=O) groups excluding carboxylic acids is 1. The highest BCUT2D eigenvalue weighted by Crippen LogP contribution is 2.24. The van der Waals surface area contributed by atoms with Gasteiger partial charge in [0.1, 0.15) is 6.54 Å². The Balaban J connectivity index is 1.48. The number of anilines is 1. The predicted octanol–water partition coefficient (Wildman–Crippen LogP) is 3.63. The highest BCUT2D eigenvalue weighted by atomic mass is 32.1. The molecular formula is C22H19N5O2S. The number of pyridine rings is 1. The molecule has 3 heterocycles. The maximum atomic E-state index is 12.5. The number of nitrogens with zero attached hydrogens (tertiary/aromatic N) is 4. The van der Waals surface area contributed by atoms with E-state index in [1.54, 1.807) is 18.5 Å². The number of amides is 1. The van der Waals surface area contributed by atoms with Gasteiger partial charge < -0.3 is 5.32 Å². The number of nitrogens with one attached hydrogen (secondary N) is 1. The van der Waals surface area contributed by atoms with Crippen LogP contribution in [0.3, 0.4) is 0 Å². The summed E-state index contributed by atoms with van der Waals surface area (Å²) in [6.45, 7) is 1.90. The zero-order valence-electron chi connectivity index (χ0n) is 16.3. The van der Waals surface area contributed by atoms with Gasteiger partial charge in [-0.2, -0.15) is 5.10 Å². The monoisotopic (exact) mass is 417 g/mol. The van der Waals surface area contributed by atoms with Crippen LogP contribution in [0, 0.1) is 0 Å². The van der Waals surface area contributed by atoms with E-state index in [4.69, 9.17) is 0 Å². The van der Waals surface area contributed by atoms with Gasteiger partial charge in [0.15, 0.2) is 5.13 Å². The molecule has 0 fully saturated rings. The predicted molar refractivity (Wildman–Crippen MR) is 117 cm³/mol. The minimum absolute atomic E-state index is 0.193. The van der Waals surface area contributed by atoms with Gasteiger partial charge in [0.2, 0.25) is 5.91 Å². The van der Waals surface area contributed by atoms with E-state index in [2.05, 4.69) is 27.3 Å². The highest BCUT2D eigenvalue weighted by Gasteiger charge is 2.11. The van der Waals surface area contributed by atoms with Gasteiger partial charge in [-0.15, -0.1) is 11.3 Å². The van der Waals surface area contributed by atoms with Gasteiger partial charge >= 0.3 is 0 Å². The van der Waals surface area contributed by atoms with E-state index in [0.29, 0.717) is 10.8 Å². The minimum atomic E-state index is -0.366. The summed E-state index contributed by atoms with van der Waals surface area (Å²) in [4.78, 5) is 33.1. The van der Waals surface area contributed by atoms with Crippen molar-refractivity contribution < 1.29 is 4.79 Å². The lowest BCUT2D eigenvalue weighted by molar-refractivity contribution is -0.117. The van der Waals surface area contributed by atoms with E-state index in [0.717, 1.165) is 27.9 Å². The largest absolute Gasteiger partial charge is 0.300 e. The minimum Gasteiger partial charge on any atom is -0.300 e. The molecule has 1 amide bonds. The SMILES string of the molecule is CCc1ccc(-c2ccc(=O)n(CC(=O)Nc3nc(-c4cccnc4)cs3)n2)cc1. The van der Waals surface area contributed by atoms with Crippen molar-refractivity contribution in [2.45, 2.75) is 19.9 Å². The Kier molecular flexibility index (Phi) is 5.76. The van der Waals surface area contributed by atoms with Crippen molar-refractivity contribution in [3.63, 3.8) is 0 Å². The summed E-state index contributed by atoms with van der Waals surface area (Å²) in [7, 11) is 0.